The van der Waals surface area contributed by atoms with Crippen molar-refractivity contribution in [1.29, 1.82) is 0 Å². The lowest BCUT2D eigenvalue weighted by atomic mass is 9.98. The van der Waals surface area contributed by atoms with Gasteiger partial charge in [0.05, 0.1) is 6.42 Å². The molecule has 3 unspecified atom stereocenters. The van der Waals surface area contributed by atoms with Crippen LogP contribution in [0.4, 0.5) is 0 Å². The third-order valence-electron chi connectivity index (χ3n) is 4.80. The molecule has 3 rings (SSSR count). The van der Waals surface area contributed by atoms with Gasteiger partial charge in [-0.15, -0.1) is 0 Å². The van der Waals surface area contributed by atoms with E-state index in [0.717, 1.165) is 10.5 Å². The molecule has 1 aromatic carbocycles. The molecule has 2 heterocycles. The zero-order valence-electron chi connectivity index (χ0n) is 16.4. The summed E-state index contributed by atoms with van der Waals surface area (Å²) in [6.07, 6.45) is 0.203. The van der Waals surface area contributed by atoms with Crippen LogP contribution in [0.5, 0.6) is 0 Å². The number of benzene rings is 1. The van der Waals surface area contributed by atoms with Crippen LogP contribution in [0, 0.1) is 0 Å². The SMILES string of the molecule is C=C1C[S+]([O-])[C@H]2C(NC(=O)Cc3ccccc3)C(=O)N2C1C(=O)OCOC(=O)CC. The molecule has 0 aliphatic carbocycles. The van der Waals surface area contributed by atoms with E-state index in [1.807, 2.05) is 6.07 Å². The second kappa shape index (κ2) is 9.31. The molecule has 9 nitrogen and oxygen atoms in total. The van der Waals surface area contributed by atoms with Crippen LogP contribution in [0.15, 0.2) is 42.5 Å². The Kier molecular flexibility index (Phi) is 6.78. The van der Waals surface area contributed by atoms with E-state index >= 15 is 0 Å². The maximum Gasteiger partial charge on any atom is 0.336 e. The number of ether oxygens (including phenoxy) is 2. The van der Waals surface area contributed by atoms with Gasteiger partial charge in [0.1, 0.15) is 5.75 Å². The van der Waals surface area contributed by atoms with Gasteiger partial charge in [-0.2, -0.15) is 0 Å². The number of amides is 2. The Morgan fingerprint density at radius 1 is 1.27 bits per heavy atom. The van der Waals surface area contributed by atoms with Crippen LogP contribution >= 0.6 is 0 Å². The lowest BCUT2D eigenvalue weighted by Crippen LogP contribution is -2.78. The fraction of sp³-hybridized carbons (Fsp3) is 0.400. The van der Waals surface area contributed by atoms with Crippen molar-refractivity contribution >= 4 is 34.9 Å². The van der Waals surface area contributed by atoms with Gasteiger partial charge in [-0.1, -0.05) is 43.8 Å². The minimum Gasteiger partial charge on any atom is -0.614 e. The van der Waals surface area contributed by atoms with Crippen molar-refractivity contribution in [3.05, 3.63) is 48.0 Å². The van der Waals surface area contributed by atoms with Crippen LogP contribution in [0.1, 0.15) is 18.9 Å². The second-order valence-corrected chi connectivity index (χ2v) is 8.41. The number of nitrogens with zero attached hydrogens (tertiary/aromatic N) is 1. The average molecular weight is 434 g/mol. The number of β-lactam (4-membered cyclic amide) rings is 1. The first-order valence-electron chi connectivity index (χ1n) is 9.36. The van der Waals surface area contributed by atoms with E-state index in [1.165, 1.54) is 0 Å². The zero-order chi connectivity index (χ0) is 21.8. The number of fused-ring (bicyclic) bond motifs is 1. The number of nitrogens with one attached hydrogen (secondary N) is 1. The van der Waals surface area contributed by atoms with Crippen LogP contribution < -0.4 is 5.32 Å². The van der Waals surface area contributed by atoms with Gasteiger partial charge in [0.25, 0.3) is 5.91 Å². The van der Waals surface area contributed by atoms with Gasteiger partial charge in [0.2, 0.25) is 18.1 Å². The Balaban J connectivity index is 1.63. The zero-order valence-corrected chi connectivity index (χ0v) is 17.2. The number of hydrogen-bond acceptors (Lipinski definition) is 7. The first-order valence-corrected chi connectivity index (χ1v) is 10.7. The van der Waals surface area contributed by atoms with Gasteiger partial charge in [-0.25, -0.2) is 4.79 Å². The molecule has 1 aromatic rings. The molecule has 160 valence electrons. The van der Waals surface area contributed by atoms with E-state index in [2.05, 4.69) is 11.9 Å². The van der Waals surface area contributed by atoms with Crippen LogP contribution in [0.3, 0.4) is 0 Å². The molecule has 0 saturated carbocycles. The third kappa shape index (κ3) is 4.49. The van der Waals surface area contributed by atoms with Crippen molar-refractivity contribution in [3.63, 3.8) is 0 Å². The number of rotatable bonds is 7. The van der Waals surface area contributed by atoms with Gasteiger partial charge in [-0.3, -0.25) is 19.3 Å². The predicted octanol–water partition coefficient (Wildman–Crippen LogP) is 0.0232. The number of carbonyl (C=O) groups excluding carboxylic acids is 4. The molecule has 0 aromatic heterocycles. The Bertz CT molecular complexity index is 860. The molecule has 0 bridgehead atoms. The Morgan fingerprint density at radius 3 is 2.63 bits per heavy atom. The highest BCUT2D eigenvalue weighted by atomic mass is 32.2. The summed E-state index contributed by atoms with van der Waals surface area (Å²) in [6.45, 7) is 4.75. The minimum atomic E-state index is -1.53. The van der Waals surface area contributed by atoms with Gasteiger partial charge in [-0.05, 0) is 16.7 Å². The van der Waals surface area contributed by atoms with Gasteiger partial charge < -0.3 is 19.3 Å². The summed E-state index contributed by atoms with van der Waals surface area (Å²) in [4.78, 5) is 49.7. The van der Waals surface area contributed by atoms with E-state index in [1.54, 1.807) is 31.2 Å². The molecule has 2 fully saturated rings. The van der Waals surface area contributed by atoms with E-state index in [4.69, 9.17) is 9.47 Å². The van der Waals surface area contributed by atoms with E-state index in [9.17, 15) is 23.7 Å². The fourth-order valence-electron chi connectivity index (χ4n) is 3.34. The van der Waals surface area contributed by atoms with Crippen LogP contribution in [0.25, 0.3) is 0 Å². The summed E-state index contributed by atoms with van der Waals surface area (Å²) >= 11 is -1.53. The Morgan fingerprint density at radius 2 is 1.97 bits per heavy atom. The molecule has 4 atom stereocenters. The van der Waals surface area contributed by atoms with Crippen LogP contribution in [-0.2, 0) is 46.2 Å². The normalized spacial score (nSPS) is 25.1. The van der Waals surface area contributed by atoms with Gasteiger partial charge >= 0.3 is 11.9 Å². The standard InChI is InChI=1S/C20H22N2O7S/c1-3-15(24)28-11-29-20(26)17-12(2)10-30(27)19-16(18(25)22(17)19)21-14(23)9-13-7-5-4-6-8-13/h4-8,16-17,19H,2-3,9-11H2,1H3,(H,21,23)/t16?,17?,19-,30?/m0/s1. The average Bonchev–Trinajstić information content (AvgIpc) is 2.72. The molecule has 1 N–H and O–H groups in total. The predicted molar refractivity (Wildman–Crippen MR) is 106 cm³/mol. The molecular formula is C20H22N2O7S. The molecule has 2 aliphatic rings. The Hall–Kier alpha value is -2.85. The second-order valence-electron chi connectivity index (χ2n) is 6.88. The van der Waals surface area contributed by atoms with Gasteiger partial charge in [0.15, 0.2) is 12.1 Å². The summed E-state index contributed by atoms with van der Waals surface area (Å²) in [7, 11) is 0. The maximum atomic E-state index is 12.7. The monoisotopic (exact) mass is 434 g/mol. The summed E-state index contributed by atoms with van der Waals surface area (Å²) in [5.41, 5.74) is 1.04. The van der Waals surface area contributed by atoms with Crippen LogP contribution in [-0.4, -0.2) is 63.2 Å². The highest BCUT2D eigenvalue weighted by Crippen LogP contribution is 2.36. The Labute approximate surface area is 176 Å². The van der Waals surface area contributed by atoms with Crippen molar-refractivity contribution in [3.8, 4) is 0 Å². The van der Waals surface area contributed by atoms with Gasteiger partial charge in [0, 0.05) is 12.0 Å². The quantitative estimate of drug-likeness (QED) is 0.211. The van der Waals surface area contributed by atoms with Crippen molar-refractivity contribution in [2.45, 2.75) is 37.2 Å². The summed E-state index contributed by atoms with van der Waals surface area (Å²) in [5, 5.41) is 1.76. The van der Waals surface area contributed by atoms with E-state index in [0.29, 0.717) is 0 Å². The molecule has 0 radical (unpaired) electrons. The first kappa shape index (κ1) is 21.8. The molecular weight excluding hydrogens is 412 g/mol. The maximum absolute atomic E-state index is 12.7. The van der Waals surface area contributed by atoms with Crippen molar-refractivity contribution in [1.82, 2.24) is 10.2 Å². The summed E-state index contributed by atoms with van der Waals surface area (Å²) in [5.74, 6) is -2.29. The fourth-order valence-corrected chi connectivity index (χ4v) is 5.00. The van der Waals surface area contributed by atoms with E-state index in [-0.39, 0.29) is 30.1 Å². The molecule has 2 aliphatic heterocycles. The van der Waals surface area contributed by atoms with Crippen molar-refractivity contribution in [2.24, 2.45) is 0 Å². The number of esters is 2. The highest BCUT2D eigenvalue weighted by molar-refractivity contribution is 7.92. The largest absolute Gasteiger partial charge is 0.614 e. The lowest BCUT2D eigenvalue weighted by molar-refractivity contribution is -0.175. The summed E-state index contributed by atoms with van der Waals surface area (Å²) < 4.78 is 22.2. The van der Waals surface area contributed by atoms with Crippen molar-refractivity contribution < 1.29 is 33.2 Å². The topological polar surface area (TPSA) is 125 Å². The lowest BCUT2D eigenvalue weighted by Gasteiger charge is -2.52. The first-order chi connectivity index (χ1) is 14.3. The molecule has 0 spiro atoms. The highest BCUT2D eigenvalue weighted by Gasteiger charge is 2.63. The molecule has 10 heteroatoms. The molecule has 2 amide bonds. The summed E-state index contributed by atoms with van der Waals surface area (Å²) in [6, 6.07) is 6.88. The number of carbonyl (C=O) groups is 4. The number of hydrogen-bond donors (Lipinski definition) is 1. The third-order valence-corrected chi connectivity index (χ3v) is 6.49. The van der Waals surface area contributed by atoms with Crippen LogP contribution in [0.2, 0.25) is 0 Å². The molecule has 2 saturated heterocycles. The molecule has 30 heavy (non-hydrogen) atoms. The van der Waals surface area contributed by atoms with Crippen molar-refractivity contribution in [2.75, 3.05) is 12.5 Å². The smallest absolute Gasteiger partial charge is 0.336 e. The minimum absolute atomic E-state index is 0.00594. The van der Waals surface area contributed by atoms with E-state index < -0.39 is 53.3 Å².